The van der Waals surface area contributed by atoms with Crippen molar-refractivity contribution in [3.05, 3.63) is 70.3 Å². The first-order valence-electron chi connectivity index (χ1n) is 8.21. The predicted octanol–water partition coefficient (Wildman–Crippen LogP) is 3.49. The van der Waals surface area contributed by atoms with Crippen LogP contribution in [0.5, 0.6) is 0 Å². The minimum absolute atomic E-state index is 0.172. The molecule has 0 bridgehead atoms. The van der Waals surface area contributed by atoms with Gasteiger partial charge in [0.1, 0.15) is 11.6 Å². The highest BCUT2D eigenvalue weighted by Gasteiger charge is 2.29. The van der Waals surface area contributed by atoms with Crippen LogP contribution in [-0.4, -0.2) is 28.6 Å². The topological polar surface area (TPSA) is 69.6 Å². The van der Waals surface area contributed by atoms with Crippen molar-refractivity contribution in [2.75, 3.05) is 6.54 Å². The molecule has 7 heteroatoms. The number of urea groups is 1. The Kier molecular flexibility index (Phi) is 4.88. The van der Waals surface area contributed by atoms with Crippen LogP contribution in [0.1, 0.15) is 40.0 Å². The second-order valence-corrected chi connectivity index (χ2v) is 6.24. The van der Waals surface area contributed by atoms with E-state index in [1.165, 1.54) is 23.1 Å². The summed E-state index contributed by atoms with van der Waals surface area (Å²) in [5.74, 6) is -2.25. The zero-order valence-corrected chi connectivity index (χ0v) is 14.1. The number of halogens is 2. The van der Waals surface area contributed by atoms with Crippen LogP contribution >= 0.6 is 0 Å². The molecule has 1 aliphatic rings. The van der Waals surface area contributed by atoms with E-state index in [1.54, 1.807) is 19.1 Å². The van der Waals surface area contributed by atoms with E-state index < -0.39 is 23.6 Å². The minimum atomic E-state index is -1.01. The Hall–Kier alpha value is -2.96. The predicted molar refractivity (Wildman–Crippen MR) is 90.8 cm³/mol. The molecule has 1 heterocycles. The van der Waals surface area contributed by atoms with Gasteiger partial charge in [-0.15, -0.1) is 0 Å². The zero-order chi connectivity index (χ0) is 18.8. The number of carboxylic acids is 1. The molecule has 0 aromatic heterocycles. The molecule has 0 saturated heterocycles. The number of carboxylic acid groups (broad SMARTS) is 1. The van der Waals surface area contributed by atoms with Gasteiger partial charge < -0.3 is 15.3 Å². The maximum Gasteiger partial charge on any atom is 0.335 e. The van der Waals surface area contributed by atoms with Crippen molar-refractivity contribution in [2.45, 2.75) is 25.9 Å². The highest BCUT2D eigenvalue weighted by Crippen LogP contribution is 2.31. The smallest absolute Gasteiger partial charge is 0.335 e. The largest absolute Gasteiger partial charge is 0.478 e. The summed E-state index contributed by atoms with van der Waals surface area (Å²) in [6.45, 7) is 2.30. The number of nitrogens with one attached hydrogen (secondary N) is 1. The van der Waals surface area contributed by atoms with Crippen LogP contribution in [0.25, 0.3) is 0 Å². The third-order valence-corrected chi connectivity index (χ3v) is 4.62. The van der Waals surface area contributed by atoms with Gasteiger partial charge in [-0.2, -0.15) is 0 Å². The van der Waals surface area contributed by atoms with Crippen molar-refractivity contribution in [1.29, 1.82) is 0 Å². The summed E-state index contributed by atoms with van der Waals surface area (Å²) in [4.78, 5) is 24.8. The van der Waals surface area contributed by atoms with Gasteiger partial charge in [0, 0.05) is 19.2 Å². The Morgan fingerprint density at radius 2 is 1.92 bits per heavy atom. The van der Waals surface area contributed by atoms with Crippen LogP contribution in [0.3, 0.4) is 0 Å². The fourth-order valence-electron chi connectivity index (χ4n) is 3.18. The SMILES string of the molecule is CC1c2cc(F)cc(F)c2CCN1C(=O)NCc1ccc(C(=O)O)cc1. The van der Waals surface area contributed by atoms with Crippen molar-refractivity contribution in [2.24, 2.45) is 0 Å². The Bertz CT molecular complexity index is 853. The molecule has 136 valence electrons. The summed E-state index contributed by atoms with van der Waals surface area (Å²) < 4.78 is 27.4. The highest BCUT2D eigenvalue weighted by molar-refractivity contribution is 5.87. The summed E-state index contributed by atoms with van der Waals surface area (Å²) in [5.41, 5.74) is 1.86. The van der Waals surface area contributed by atoms with Gasteiger partial charge in [0.15, 0.2) is 0 Å². The van der Waals surface area contributed by atoms with Crippen LogP contribution in [0.2, 0.25) is 0 Å². The minimum Gasteiger partial charge on any atom is -0.478 e. The van der Waals surface area contributed by atoms with Crippen molar-refractivity contribution in [3.8, 4) is 0 Å². The van der Waals surface area contributed by atoms with Gasteiger partial charge in [-0.05, 0) is 48.2 Å². The second kappa shape index (κ2) is 7.11. The van der Waals surface area contributed by atoms with E-state index >= 15 is 0 Å². The Morgan fingerprint density at radius 1 is 1.23 bits per heavy atom. The fourth-order valence-corrected chi connectivity index (χ4v) is 3.18. The number of rotatable bonds is 3. The van der Waals surface area contributed by atoms with E-state index in [0.29, 0.717) is 24.1 Å². The summed E-state index contributed by atoms with van der Waals surface area (Å²) >= 11 is 0. The lowest BCUT2D eigenvalue weighted by molar-refractivity contribution is 0.0697. The molecule has 1 atom stereocenters. The normalized spacial score (nSPS) is 16.1. The number of carbonyl (C=O) groups is 2. The molecule has 0 spiro atoms. The second-order valence-electron chi connectivity index (χ2n) is 6.24. The Balaban J connectivity index is 1.67. The van der Waals surface area contributed by atoms with Crippen molar-refractivity contribution >= 4 is 12.0 Å². The fraction of sp³-hybridized carbons (Fsp3) is 0.263. The first-order valence-corrected chi connectivity index (χ1v) is 8.21. The van der Waals surface area contributed by atoms with Gasteiger partial charge >= 0.3 is 12.0 Å². The van der Waals surface area contributed by atoms with Crippen molar-refractivity contribution in [3.63, 3.8) is 0 Å². The first-order chi connectivity index (χ1) is 12.4. The molecule has 0 aliphatic carbocycles. The number of fused-ring (bicyclic) bond motifs is 1. The monoisotopic (exact) mass is 360 g/mol. The lowest BCUT2D eigenvalue weighted by Gasteiger charge is -2.35. The molecule has 26 heavy (non-hydrogen) atoms. The number of hydrogen-bond donors (Lipinski definition) is 2. The lowest BCUT2D eigenvalue weighted by atomic mass is 9.93. The molecular formula is C19H18F2N2O3. The van der Waals surface area contributed by atoms with Gasteiger partial charge in [-0.25, -0.2) is 18.4 Å². The van der Waals surface area contributed by atoms with Crippen LogP contribution in [0.15, 0.2) is 36.4 Å². The van der Waals surface area contributed by atoms with E-state index in [2.05, 4.69) is 5.32 Å². The highest BCUT2D eigenvalue weighted by atomic mass is 19.1. The summed E-state index contributed by atoms with van der Waals surface area (Å²) in [7, 11) is 0. The number of amides is 2. The molecule has 0 fully saturated rings. The molecule has 3 rings (SSSR count). The average molecular weight is 360 g/mol. The van der Waals surface area contributed by atoms with Gasteiger partial charge in [0.25, 0.3) is 0 Å². The van der Waals surface area contributed by atoms with Crippen LogP contribution < -0.4 is 5.32 Å². The summed E-state index contributed by atoms with van der Waals surface area (Å²) in [6, 6.07) is 7.54. The Morgan fingerprint density at radius 3 is 2.58 bits per heavy atom. The standard InChI is InChI=1S/C19H18F2N2O3/c1-11-16-8-14(20)9-17(21)15(16)6-7-23(11)19(26)22-10-12-2-4-13(5-3-12)18(24)25/h2-5,8-9,11H,6-7,10H2,1H3,(H,22,26)(H,24,25). The number of carbonyl (C=O) groups excluding carboxylic acids is 1. The van der Waals surface area contributed by atoms with E-state index in [1.807, 2.05) is 0 Å². The number of aromatic carboxylic acids is 1. The Labute approximate surface area is 149 Å². The molecule has 2 aromatic carbocycles. The summed E-state index contributed by atoms with van der Waals surface area (Å²) in [5, 5.41) is 11.6. The van der Waals surface area contributed by atoms with E-state index in [4.69, 9.17) is 5.11 Å². The van der Waals surface area contributed by atoms with E-state index in [-0.39, 0.29) is 18.1 Å². The van der Waals surface area contributed by atoms with Crippen LogP contribution in [0.4, 0.5) is 13.6 Å². The van der Waals surface area contributed by atoms with Crippen molar-refractivity contribution < 1.29 is 23.5 Å². The van der Waals surface area contributed by atoms with E-state index in [0.717, 1.165) is 11.6 Å². The molecule has 1 unspecified atom stereocenters. The molecule has 2 aromatic rings. The van der Waals surface area contributed by atoms with Gasteiger partial charge in [0.05, 0.1) is 11.6 Å². The molecule has 0 saturated carbocycles. The molecule has 1 aliphatic heterocycles. The van der Waals surface area contributed by atoms with Crippen LogP contribution in [-0.2, 0) is 13.0 Å². The zero-order valence-electron chi connectivity index (χ0n) is 14.1. The first kappa shape index (κ1) is 17.8. The lowest BCUT2D eigenvalue weighted by Crippen LogP contribution is -2.44. The number of nitrogens with zero attached hydrogens (tertiary/aromatic N) is 1. The van der Waals surface area contributed by atoms with Crippen molar-refractivity contribution in [1.82, 2.24) is 10.2 Å². The quantitative estimate of drug-likeness (QED) is 0.880. The maximum absolute atomic E-state index is 13.9. The van der Waals surface area contributed by atoms with Gasteiger partial charge in [-0.1, -0.05) is 12.1 Å². The number of hydrogen-bond acceptors (Lipinski definition) is 2. The summed E-state index contributed by atoms with van der Waals surface area (Å²) in [6.07, 6.45) is 0.326. The van der Waals surface area contributed by atoms with Gasteiger partial charge in [0.2, 0.25) is 0 Å². The molecule has 0 radical (unpaired) electrons. The molecule has 5 nitrogen and oxygen atoms in total. The van der Waals surface area contributed by atoms with Gasteiger partial charge in [-0.3, -0.25) is 0 Å². The third-order valence-electron chi connectivity index (χ3n) is 4.62. The average Bonchev–Trinajstić information content (AvgIpc) is 2.61. The van der Waals surface area contributed by atoms with Crippen LogP contribution in [0, 0.1) is 11.6 Å². The molecular weight excluding hydrogens is 342 g/mol. The molecule has 2 amide bonds. The molecule has 2 N–H and O–H groups in total. The van der Waals surface area contributed by atoms with E-state index in [9.17, 15) is 18.4 Å². The maximum atomic E-state index is 13.9. The number of benzene rings is 2. The third kappa shape index (κ3) is 3.51.